The van der Waals surface area contributed by atoms with Crippen LogP contribution in [0, 0.1) is 0 Å². The van der Waals surface area contributed by atoms with Gasteiger partial charge in [0.2, 0.25) is 0 Å². The summed E-state index contributed by atoms with van der Waals surface area (Å²) in [5.74, 6) is 0. The molecule has 0 saturated carbocycles. The molecule has 0 unspecified atom stereocenters. The van der Waals surface area contributed by atoms with Gasteiger partial charge in [0.1, 0.15) is 0 Å². The third kappa shape index (κ3) is 300. The van der Waals surface area contributed by atoms with Crippen molar-refractivity contribution >= 4 is 36.6 Å². The lowest BCUT2D eigenvalue weighted by Gasteiger charge is -2.09. The minimum absolute atomic E-state index is 0. The van der Waals surface area contributed by atoms with Gasteiger partial charge in [0.15, 0.2) is 0 Å². The van der Waals surface area contributed by atoms with Gasteiger partial charge in [-0.3, -0.25) is 0 Å². The molecular formula is C22H76Si4. The molecule has 0 N–H and O–H groups in total. The Kier molecular flexibility index (Phi) is 226. The fourth-order valence-electron chi connectivity index (χ4n) is 0. The van der Waals surface area contributed by atoms with Crippen LogP contribution in [0.1, 0.15) is 87.1 Å². The number of hydrogen-bond donors (Lipinski definition) is 0. The van der Waals surface area contributed by atoms with Crippen molar-refractivity contribution in [1.29, 1.82) is 0 Å². The molecule has 0 saturated heterocycles. The first-order chi connectivity index (χ1) is 8.16. The van der Waals surface area contributed by atoms with Crippen LogP contribution in [0.15, 0.2) is 0 Å². The molecule has 0 aromatic rings. The van der Waals surface area contributed by atoms with E-state index in [1.807, 2.05) is 0 Å². The average molecular weight is 453 g/mol. The Morgan fingerprint density at radius 3 is 0.846 bits per heavy atom. The van der Waals surface area contributed by atoms with Crippen molar-refractivity contribution in [2.75, 3.05) is 0 Å². The van der Waals surface area contributed by atoms with Crippen LogP contribution in [0.25, 0.3) is 0 Å². The molecule has 0 nitrogen and oxygen atoms in total. The largest absolute Gasteiger partial charge is 0.0776 e. The summed E-state index contributed by atoms with van der Waals surface area (Å²) < 4.78 is 0. The van der Waals surface area contributed by atoms with Gasteiger partial charge in [-0.05, 0) is 0 Å². The summed E-state index contributed by atoms with van der Waals surface area (Å²) in [7, 11) is 1.01. The van der Waals surface area contributed by atoms with Gasteiger partial charge in [-0.25, -0.2) is 0 Å². The summed E-state index contributed by atoms with van der Waals surface area (Å²) in [5.41, 5.74) is 0. The second kappa shape index (κ2) is 72.4. The molecule has 0 bridgehead atoms. The molecule has 0 atom stereocenters. The van der Waals surface area contributed by atoms with Crippen LogP contribution in [-0.2, 0) is 0 Å². The Bertz CT molecular complexity index is 109. The third-order valence-electron chi connectivity index (χ3n) is 2.38. The monoisotopic (exact) mass is 453 g/mol. The topological polar surface area (TPSA) is 0 Å². The quantitative estimate of drug-likeness (QED) is 0.374. The maximum absolute atomic E-state index is 2.38. The van der Waals surface area contributed by atoms with Crippen molar-refractivity contribution < 1.29 is 0 Å². The maximum atomic E-state index is 2.38. The highest BCUT2D eigenvalue weighted by atomic mass is 28.3. The first kappa shape index (κ1) is 81.3. The highest BCUT2D eigenvalue weighted by Gasteiger charge is 2.06. The lowest BCUT2D eigenvalue weighted by atomic mass is 11.0. The molecule has 0 heterocycles. The molecule has 0 aromatic heterocycles. The predicted molar refractivity (Wildman–Crippen MR) is 162 cm³/mol. The first-order valence-corrected chi connectivity index (χ1v) is 18.8. The van der Waals surface area contributed by atoms with Gasteiger partial charge in [0, 0.05) is 36.6 Å². The predicted octanol–water partition coefficient (Wildman–Crippen LogP) is 9.36. The van der Waals surface area contributed by atoms with Crippen molar-refractivity contribution in [3.05, 3.63) is 0 Å². The van der Waals surface area contributed by atoms with Crippen LogP contribution in [0.2, 0.25) is 63.5 Å². The Balaban J connectivity index is -0.00000000929. The van der Waals surface area contributed by atoms with E-state index >= 15 is 0 Å². The lowest BCUT2D eigenvalue weighted by Crippen LogP contribution is -2.16. The van der Waals surface area contributed by atoms with Crippen LogP contribution in [0.4, 0.5) is 0 Å². The van der Waals surface area contributed by atoms with E-state index in [0.717, 1.165) is 0 Å². The molecule has 0 amide bonds. The molecule has 180 valence electrons. The zero-order valence-electron chi connectivity index (χ0n) is 15.6. The number of hydrogen-bond acceptors (Lipinski definition) is 0. The van der Waals surface area contributed by atoms with E-state index in [1.165, 1.54) is 34.4 Å². The van der Waals surface area contributed by atoms with E-state index in [9.17, 15) is 0 Å². The summed E-state index contributed by atoms with van der Waals surface area (Å²) in [5, 5.41) is 0. The zero-order valence-corrected chi connectivity index (χ0v) is 21.2. The second-order valence-corrected chi connectivity index (χ2v) is 19.3. The van der Waals surface area contributed by atoms with Crippen molar-refractivity contribution in [3.8, 4) is 0 Å². The molecule has 26 heavy (non-hydrogen) atoms. The second-order valence-electron chi connectivity index (χ2n) is 6.42. The zero-order chi connectivity index (χ0) is 15.6. The van der Waals surface area contributed by atoms with Crippen molar-refractivity contribution in [2.45, 2.75) is 151 Å². The normalized spacial score (nSPS) is 7.04. The molecule has 0 aliphatic carbocycles. The van der Waals surface area contributed by atoms with Crippen LogP contribution in [-0.4, -0.2) is 36.6 Å². The summed E-state index contributed by atoms with van der Waals surface area (Å²) in [6, 6.07) is 5.70. The van der Waals surface area contributed by atoms with Gasteiger partial charge in [0.25, 0.3) is 0 Å². The van der Waals surface area contributed by atoms with Gasteiger partial charge < -0.3 is 0 Å². The highest BCUT2D eigenvalue weighted by molar-refractivity contribution is 6.75. The molecule has 4 heteroatoms. The van der Waals surface area contributed by atoms with Gasteiger partial charge in [-0.1, -0.05) is 151 Å². The van der Waals surface area contributed by atoms with Gasteiger partial charge in [-0.15, -0.1) is 0 Å². The fourth-order valence-corrected chi connectivity index (χ4v) is 0. The van der Waals surface area contributed by atoms with Crippen LogP contribution in [0.3, 0.4) is 0 Å². The molecule has 0 radical (unpaired) electrons. The molecule has 0 spiro atoms. The summed E-state index contributed by atoms with van der Waals surface area (Å²) in [4.78, 5) is 0. The van der Waals surface area contributed by atoms with E-state index in [0.29, 0.717) is 9.52 Å². The summed E-state index contributed by atoms with van der Waals surface area (Å²) >= 11 is 0. The van der Waals surface area contributed by atoms with E-state index in [4.69, 9.17) is 0 Å². The molecule has 0 fully saturated rings. The minimum atomic E-state index is -0.631. The van der Waals surface area contributed by atoms with Gasteiger partial charge >= 0.3 is 0 Å². The third-order valence-corrected chi connectivity index (χ3v) is 7.13. The number of rotatable bonds is 3. The SMILES string of the molecule is C.C.C.C.C.C.C.C.CC[SiH2]C.CC[SiH3].CC[SiH](C)C.CC[Si](C)(C)C. The van der Waals surface area contributed by atoms with Crippen molar-refractivity contribution in [3.63, 3.8) is 0 Å². The van der Waals surface area contributed by atoms with E-state index in [2.05, 4.69) is 67.0 Å². The maximum Gasteiger partial charge on any atom is 0.0439 e. The van der Waals surface area contributed by atoms with E-state index < -0.39 is 8.07 Å². The molecule has 0 aliphatic rings. The van der Waals surface area contributed by atoms with E-state index in [1.54, 1.807) is 0 Å². The van der Waals surface area contributed by atoms with Gasteiger partial charge in [-0.2, -0.15) is 0 Å². The minimum Gasteiger partial charge on any atom is -0.0776 e. The molecular weight excluding hydrogens is 377 g/mol. The van der Waals surface area contributed by atoms with Crippen LogP contribution >= 0.6 is 0 Å². The summed E-state index contributed by atoms with van der Waals surface area (Å²) in [6.45, 7) is 23.1. The van der Waals surface area contributed by atoms with Gasteiger partial charge in [0.05, 0.1) is 0 Å². The lowest BCUT2D eigenvalue weighted by molar-refractivity contribution is 1.36. The Hall–Kier alpha value is 0.868. The molecule has 0 rings (SSSR count). The standard InChI is InChI=1S/C5H14Si.C4H12Si.C3H10Si.C2H8Si.8CH4/c1-5-6(2,3)4;1-4-5(2)3;1-3-4-2;1-2-3;;;;;;;;/h5H2,1-4H3;5H,4H2,1-3H3;3-4H2,1-2H3;2H2,1,3H3;8*1H4. The fraction of sp³-hybridized carbons (Fsp3) is 1.00. The van der Waals surface area contributed by atoms with Crippen molar-refractivity contribution in [1.82, 2.24) is 0 Å². The molecule has 0 aliphatic heterocycles. The molecule has 0 aromatic carbocycles. The van der Waals surface area contributed by atoms with Crippen LogP contribution < -0.4 is 0 Å². The van der Waals surface area contributed by atoms with Crippen LogP contribution in [0.5, 0.6) is 0 Å². The Morgan fingerprint density at radius 2 is 0.846 bits per heavy atom. The first-order valence-electron chi connectivity index (χ1n) is 8.16. The average Bonchev–Trinajstić information content (AvgIpc) is 2.30. The Morgan fingerprint density at radius 1 is 0.731 bits per heavy atom. The van der Waals surface area contributed by atoms with Crippen molar-refractivity contribution in [2.24, 2.45) is 0 Å². The Labute approximate surface area is 187 Å². The van der Waals surface area contributed by atoms with E-state index in [-0.39, 0.29) is 68.2 Å². The summed E-state index contributed by atoms with van der Waals surface area (Å²) in [6.07, 6.45) is 0. The smallest absolute Gasteiger partial charge is 0.0439 e. The highest BCUT2D eigenvalue weighted by Crippen LogP contribution is 2.04.